The molecule has 0 N–H and O–H groups in total. The highest BCUT2D eigenvalue weighted by Crippen LogP contribution is 2.57. The van der Waals surface area contributed by atoms with Crippen LogP contribution >= 0.6 is 14.8 Å². The van der Waals surface area contributed by atoms with Crippen molar-refractivity contribution in [2.45, 2.75) is 0 Å². The first kappa shape index (κ1) is 19.2. The molecule has 0 nitrogen and oxygen atoms in total. The third-order valence-electron chi connectivity index (χ3n) is 4.87. The molecule has 0 aromatic heterocycles. The van der Waals surface area contributed by atoms with E-state index in [0.717, 1.165) is 0 Å². The minimum atomic E-state index is -2.14. The van der Waals surface area contributed by atoms with Crippen molar-refractivity contribution in [3.05, 3.63) is 121 Å². The van der Waals surface area contributed by atoms with Gasteiger partial charge in [0.25, 0.3) is 0 Å². The van der Waals surface area contributed by atoms with Gasteiger partial charge in [0.1, 0.15) is 6.72 Å². The van der Waals surface area contributed by atoms with Crippen LogP contribution in [0.15, 0.2) is 121 Å². The maximum atomic E-state index is 7.30. The standard InChI is InChI=1S/C24H21B2P2/c25-28(23-17-9-3-10-18-23,24-19-11-4-12-20-24)26-27(21-13-5-1-6-14-21)22-15-7-2-8-16-22/h1-20,27H. The number of benzene rings is 4. The fraction of sp³-hybridized carbons (Fsp3) is 0. The summed E-state index contributed by atoms with van der Waals surface area (Å²) in [7, 11) is 4.01. The fourth-order valence-electron chi connectivity index (χ4n) is 3.40. The summed E-state index contributed by atoms with van der Waals surface area (Å²) in [6.45, 7) is 2.49. The predicted octanol–water partition coefficient (Wildman–Crippen LogP) is 4.14. The number of rotatable bonds is 6. The van der Waals surface area contributed by atoms with Gasteiger partial charge in [0.05, 0.1) is 10.6 Å². The van der Waals surface area contributed by atoms with Gasteiger partial charge in [-0.2, -0.15) is 0 Å². The van der Waals surface area contributed by atoms with Crippen LogP contribution in [0.5, 0.6) is 0 Å². The Labute approximate surface area is 171 Å². The van der Waals surface area contributed by atoms with Crippen LogP contribution < -0.4 is 21.2 Å². The zero-order valence-electron chi connectivity index (χ0n) is 15.6. The monoisotopic (exact) mass is 393 g/mol. The highest BCUT2D eigenvalue weighted by Gasteiger charge is 2.25. The highest BCUT2D eigenvalue weighted by atomic mass is 31.2. The summed E-state index contributed by atoms with van der Waals surface area (Å²) in [6, 6.07) is 42.7. The molecule has 0 saturated carbocycles. The lowest BCUT2D eigenvalue weighted by molar-refractivity contribution is 1.75. The minimum absolute atomic E-state index is 1.15. The van der Waals surface area contributed by atoms with Gasteiger partial charge in [0, 0.05) is 10.6 Å². The van der Waals surface area contributed by atoms with Gasteiger partial charge in [0.15, 0.2) is 0 Å². The van der Waals surface area contributed by atoms with E-state index in [1.807, 2.05) is 0 Å². The highest BCUT2D eigenvalue weighted by molar-refractivity contribution is 8.40. The Kier molecular flexibility index (Phi) is 6.11. The van der Waals surface area contributed by atoms with Crippen molar-refractivity contribution in [1.29, 1.82) is 0 Å². The molecule has 0 fully saturated rings. The molecule has 0 unspecified atom stereocenters. The molecule has 0 saturated heterocycles. The van der Waals surface area contributed by atoms with E-state index < -0.39 is 14.8 Å². The summed E-state index contributed by atoms with van der Waals surface area (Å²) < 4.78 is 0. The van der Waals surface area contributed by atoms with Crippen LogP contribution in [0, 0.1) is 0 Å². The van der Waals surface area contributed by atoms with Crippen molar-refractivity contribution >= 4 is 50.3 Å². The third-order valence-corrected chi connectivity index (χ3v) is 11.7. The zero-order valence-corrected chi connectivity index (χ0v) is 17.5. The first-order chi connectivity index (χ1) is 13.8. The first-order valence-corrected chi connectivity index (χ1v) is 12.9. The molecule has 0 aliphatic rings. The maximum absolute atomic E-state index is 7.30. The van der Waals surface area contributed by atoms with Gasteiger partial charge in [-0.1, -0.05) is 72.8 Å². The zero-order chi connectivity index (χ0) is 19.2. The molecule has 133 valence electrons. The Balaban J connectivity index is 1.84. The Hall–Kier alpha value is -2.13. The molecule has 0 aliphatic heterocycles. The van der Waals surface area contributed by atoms with Crippen molar-refractivity contribution in [1.82, 2.24) is 0 Å². The maximum Gasteiger partial charge on any atom is 0.133 e. The molecule has 0 amide bonds. The minimum Gasteiger partial charge on any atom is -0.357 e. The Morgan fingerprint density at radius 3 is 1.18 bits per heavy atom. The van der Waals surface area contributed by atoms with E-state index in [2.05, 4.69) is 128 Å². The Morgan fingerprint density at radius 1 is 0.500 bits per heavy atom. The lowest BCUT2D eigenvalue weighted by Crippen LogP contribution is -2.29. The van der Waals surface area contributed by atoms with Gasteiger partial charge in [-0.25, -0.2) is 0 Å². The Morgan fingerprint density at radius 2 is 0.821 bits per heavy atom. The largest absolute Gasteiger partial charge is 0.357 e. The van der Waals surface area contributed by atoms with Crippen molar-refractivity contribution in [3.63, 3.8) is 0 Å². The van der Waals surface area contributed by atoms with E-state index in [1.54, 1.807) is 0 Å². The van der Waals surface area contributed by atoms with Gasteiger partial charge < -0.3 is 14.6 Å². The van der Waals surface area contributed by atoms with E-state index in [0.29, 0.717) is 0 Å². The summed E-state index contributed by atoms with van der Waals surface area (Å²) in [6.07, 6.45) is 0. The van der Waals surface area contributed by atoms with E-state index in [4.69, 9.17) is 7.57 Å². The van der Waals surface area contributed by atoms with Crippen molar-refractivity contribution < 1.29 is 0 Å². The fourth-order valence-corrected chi connectivity index (χ4v) is 10.5. The second kappa shape index (κ2) is 8.91. The summed E-state index contributed by atoms with van der Waals surface area (Å²) in [4.78, 5) is 0. The molecular formula is C24H21B2P2. The second-order valence-corrected chi connectivity index (χ2v) is 12.3. The molecule has 0 bridgehead atoms. The quantitative estimate of drug-likeness (QED) is 0.342. The van der Waals surface area contributed by atoms with Crippen molar-refractivity contribution in [2.75, 3.05) is 0 Å². The normalized spacial score (nSPS) is 11.5. The van der Waals surface area contributed by atoms with Crippen LogP contribution in [-0.2, 0) is 0 Å². The van der Waals surface area contributed by atoms with Crippen molar-refractivity contribution in [2.24, 2.45) is 0 Å². The second-order valence-electron chi connectivity index (χ2n) is 6.72. The molecule has 0 heterocycles. The molecule has 4 rings (SSSR count). The molecule has 0 aliphatic carbocycles. The van der Waals surface area contributed by atoms with E-state index in [1.165, 1.54) is 21.2 Å². The lowest BCUT2D eigenvalue weighted by atomic mass is 10.4. The van der Waals surface area contributed by atoms with Crippen LogP contribution in [0.4, 0.5) is 0 Å². The average Bonchev–Trinajstić information content (AvgIpc) is 2.80. The van der Waals surface area contributed by atoms with Gasteiger partial charge in [0.2, 0.25) is 0 Å². The van der Waals surface area contributed by atoms with Crippen LogP contribution in [0.1, 0.15) is 0 Å². The van der Waals surface area contributed by atoms with Gasteiger partial charge in [-0.3, -0.25) is 0 Å². The predicted molar refractivity (Wildman–Crippen MR) is 131 cm³/mol. The van der Waals surface area contributed by atoms with Gasteiger partial charge >= 0.3 is 0 Å². The smallest absolute Gasteiger partial charge is 0.133 e. The molecular weight excluding hydrogens is 372 g/mol. The molecule has 0 atom stereocenters. The molecule has 5 radical (unpaired) electrons. The third kappa shape index (κ3) is 4.15. The SMILES string of the molecule is [B-][P+]([B-][PH+](c1ccccc1)c1ccccc1)(c1ccccc1)c1ccccc1. The lowest BCUT2D eigenvalue weighted by Gasteiger charge is -2.47. The summed E-state index contributed by atoms with van der Waals surface area (Å²) in [5.41, 5.74) is 0. The topological polar surface area (TPSA) is 0 Å². The molecule has 4 aromatic carbocycles. The van der Waals surface area contributed by atoms with E-state index in [-0.39, 0.29) is 0 Å². The van der Waals surface area contributed by atoms with E-state index >= 15 is 0 Å². The van der Waals surface area contributed by atoms with Gasteiger partial charge in [-0.05, 0) is 48.5 Å². The van der Waals surface area contributed by atoms with Crippen LogP contribution in [0.2, 0.25) is 0 Å². The average molecular weight is 393 g/mol. The molecule has 4 heteroatoms. The molecule has 28 heavy (non-hydrogen) atoms. The molecule has 0 spiro atoms. The Bertz CT molecular complexity index is 915. The van der Waals surface area contributed by atoms with Crippen LogP contribution in [0.25, 0.3) is 0 Å². The molecule has 4 aromatic rings. The van der Waals surface area contributed by atoms with Crippen molar-refractivity contribution in [3.8, 4) is 0 Å². The first-order valence-electron chi connectivity index (χ1n) is 9.40. The van der Waals surface area contributed by atoms with Crippen LogP contribution in [0.3, 0.4) is 0 Å². The summed E-state index contributed by atoms with van der Waals surface area (Å²) >= 11 is 0. The van der Waals surface area contributed by atoms with Crippen LogP contribution in [-0.4, -0.2) is 14.3 Å². The van der Waals surface area contributed by atoms with E-state index in [9.17, 15) is 0 Å². The summed E-state index contributed by atoms with van der Waals surface area (Å²) in [5, 5.41) is 5.16. The summed E-state index contributed by atoms with van der Waals surface area (Å²) in [5.74, 6) is 0. The number of hydrogen-bond acceptors (Lipinski definition) is 0. The van der Waals surface area contributed by atoms with Gasteiger partial charge in [-0.15, -0.1) is 7.80 Å². The number of hydrogen-bond donors (Lipinski definition) is 0.